The van der Waals surface area contributed by atoms with Gasteiger partial charge in [-0.1, -0.05) is 42.4 Å². The Morgan fingerprint density at radius 3 is 2.71 bits per heavy atom. The van der Waals surface area contributed by atoms with Crippen LogP contribution in [0.4, 0.5) is 4.79 Å². The van der Waals surface area contributed by atoms with Crippen molar-refractivity contribution in [1.82, 2.24) is 20.8 Å². The van der Waals surface area contributed by atoms with Crippen LogP contribution >= 0.6 is 0 Å². The number of aryl methyl sites for hydroxylation is 1. The van der Waals surface area contributed by atoms with Crippen LogP contribution in [0, 0.1) is 0 Å². The number of benzene rings is 1. The van der Waals surface area contributed by atoms with Gasteiger partial charge in [-0.05, 0) is 25.3 Å². The molecule has 7 heteroatoms. The lowest BCUT2D eigenvalue weighted by Gasteiger charge is -2.19. The number of hydrogen-bond donors (Lipinski definition) is 3. The van der Waals surface area contributed by atoms with Crippen LogP contribution in [-0.4, -0.2) is 33.9 Å². The van der Waals surface area contributed by atoms with E-state index in [0.717, 1.165) is 12.0 Å². The number of aromatic nitrogens is 2. The fraction of sp³-hybridized carbons (Fsp3) is 0.471. The maximum absolute atomic E-state index is 12.2. The molecule has 130 valence electrons. The Balaban J connectivity index is 2.15. The van der Waals surface area contributed by atoms with E-state index in [2.05, 4.69) is 20.8 Å². The Bertz CT molecular complexity index is 630. The van der Waals surface area contributed by atoms with Gasteiger partial charge in [0.05, 0.1) is 0 Å². The summed E-state index contributed by atoms with van der Waals surface area (Å²) in [6, 6.07) is 8.52. The lowest BCUT2D eigenvalue weighted by atomic mass is 10.1. The van der Waals surface area contributed by atoms with Crippen molar-refractivity contribution in [2.24, 2.45) is 0 Å². The van der Waals surface area contributed by atoms with Crippen molar-refractivity contribution in [1.29, 1.82) is 0 Å². The fourth-order valence-electron chi connectivity index (χ4n) is 2.31. The number of nitrogens with zero attached hydrogens (tertiary/aromatic N) is 2. The summed E-state index contributed by atoms with van der Waals surface area (Å²) >= 11 is 0. The molecule has 0 saturated carbocycles. The summed E-state index contributed by atoms with van der Waals surface area (Å²) in [5.41, 5.74) is 0.867. The lowest BCUT2D eigenvalue weighted by Crippen LogP contribution is -2.43. The Hall–Kier alpha value is -2.41. The molecule has 2 aromatic rings. The Labute approximate surface area is 141 Å². The van der Waals surface area contributed by atoms with Crippen LogP contribution in [0.25, 0.3) is 0 Å². The van der Waals surface area contributed by atoms with Crippen LogP contribution < -0.4 is 10.6 Å². The summed E-state index contributed by atoms with van der Waals surface area (Å²) in [7, 11) is 0. The molecule has 1 aromatic carbocycles. The average molecular weight is 332 g/mol. The van der Waals surface area contributed by atoms with Gasteiger partial charge in [-0.25, -0.2) is 4.79 Å². The fourth-order valence-corrected chi connectivity index (χ4v) is 2.31. The van der Waals surface area contributed by atoms with Crippen molar-refractivity contribution in [2.45, 2.75) is 45.2 Å². The van der Waals surface area contributed by atoms with E-state index in [1.165, 1.54) is 0 Å². The number of carbonyl (C=O) groups is 1. The van der Waals surface area contributed by atoms with Crippen molar-refractivity contribution in [2.75, 3.05) is 6.61 Å². The molecule has 0 spiro atoms. The maximum Gasteiger partial charge on any atom is 0.315 e. The molecule has 2 rings (SSSR count). The van der Waals surface area contributed by atoms with E-state index in [1.54, 1.807) is 0 Å². The largest absolute Gasteiger partial charge is 0.396 e. The SMILES string of the molecule is CCCc1nc(C(NC(=O)N[C@H](C)CCO)c2ccccc2)no1. The molecule has 0 radical (unpaired) electrons. The van der Waals surface area contributed by atoms with E-state index in [9.17, 15) is 4.79 Å². The number of nitrogens with one attached hydrogen (secondary N) is 2. The summed E-state index contributed by atoms with van der Waals surface area (Å²) in [6.45, 7) is 3.89. The molecule has 7 nitrogen and oxygen atoms in total. The van der Waals surface area contributed by atoms with E-state index < -0.39 is 6.04 Å². The van der Waals surface area contributed by atoms with Crippen LogP contribution in [-0.2, 0) is 6.42 Å². The molecule has 24 heavy (non-hydrogen) atoms. The average Bonchev–Trinajstić information content (AvgIpc) is 3.02. The third kappa shape index (κ3) is 5.06. The highest BCUT2D eigenvalue weighted by Gasteiger charge is 2.22. The molecule has 2 atom stereocenters. The molecular weight excluding hydrogens is 308 g/mol. The maximum atomic E-state index is 12.2. The van der Waals surface area contributed by atoms with E-state index >= 15 is 0 Å². The molecule has 2 amide bonds. The van der Waals surface area contributed by atoms with E-state index in [1.807, 2.05) is 44.2 Å². The molecule has 0 bridgehead atoms. The number of aliphatic hydroxyl groups is 1. The van der Waals surface area contributed by atoms with Gasteiger partial charge in [0.25, 0.3) is 0 Å². The standard InChI is InChI=1S/C17H24N4O3/c1-3-7-14-19-16(21-24-14)15(13-8-5-4-6-9-13)20-17(23)18-12(2)10-11-22/h4-6,8-9,12,15,22H,3,7,10-11H2,1-2H3,(H2,18,20,23)/t12-,15?/m1/s1. The highest BCUT2D eigenvalue weighted by Crippen LogP contribution is 2.19. The van der Waals surface area contributed by atoms with Gasteiger partial charge in [0.1, 0.15) is 6.04 Å². The first-order valence-corrected chi connectivity index (χ1v) is 8.19. The first kappa shape index (κ1) is 17.9. The summed E-state index contributed by atoms with van der Waals surface area (Å²) in [5.74, 6) is 0.985. The molecule has 0 fully saturated rings. The summed E-state index contributed by atoms with van der Waals surface area (Å²) in [4.78, 5) is 16.6. The topological polar surface area (TPSA) is 100 Å². The Morgan fingerprint density at radius 2 is 2.04 bits per heavy atom. The molecule has 1 heterocycles. The van der Waals surface area contributed by atoms with E-state index in [0.29, 0.717) is 24.6 Å². The summed E-state index contributed by atoms with van der Waals surface area (Å²) in [5, 5.41) is 18.6. The molecule has 0 aliphatic carbocycles. The summed E-state index contributed by atoms with van der Waals surface area (Å²) in [6.07, 6.45) is 2.10. The smallest absolute Gasteiger partial charge is 0.315 e. The van der Waals surface area contributed by atoms with Crippen molar-refractivity contribution in [3.63, 3.8) is 0 Å². The number of carbonyl (C=O) groups excluding carboxylic acids is 1. The van der Waals surface area contributed by atoms with Crippen molar-refractivity contribution in [3.05, 3.63) is 47.6 Å². The number of urea groups is 1. The molecule has 0 saturated heterocycles. The van der Waals surface area contributed by atoms with Crippen molar-refractivity contribution < 1.29 is 14.4 Å². The van der Waals surface area contributed by atoms with Gasteiger partial charge < -0.3 is 20.3 Å². The number of amides is 2. The number of aliphatic hydroxyl groups excluding tert-OH is 1. The van der Waals surface area contributed by atoms with Gasteiger partial charge in [0.2, 0.25) is 5.89 Å². The lowest BCUT2D eigenvalue weighted by molar-refractivity contribution is 0.228. The highest BCUT2D eigenvalue weighted by molar-refractivity contribution is 5.75. The monoisotopic (exact) mass is 332 g/mol. The molecule has 1 aromatic heterocycles. The number of rotatable bonds is 8. The third-order valence-electron chi connectivity index (χ3n) is 3.55. The van der Waals surface area contributed by atoms with Crippen LogP contribution in [0.3, 0.4) is 0 Å². The zero-order valence-electron chi connectivity index (χ0n) is 14.0. The highest BCUT2D eigenvalue weighted by atomic mass is 16.5. The second-order valence-electron chi connectivity index (χ2n) is 5.67. The predicted octanol–water partition coefficient (Wildman–Crippen LogP) is 2.18. The van der Waals surface area contributed by atoms with Gasteiger partial charge in [-0.2, -0.15) is 4.98 Å². The minimum Gasteiger partial charge on any atom is -0.396 e. The first-order chi connectivity index (χ1) is 11.6. The zero-order chi connectivity index (χ0) is 17.4. The minimum absolute atomic E-state index is 0.0226. The van der Waals surface area contributed by atoms with Crippen LogP contribution in [0.1, 0.15) is 50.0 Å². The van der Waals surface area contributed by atoms with Gasteiger partial charge in [-0.15, -0.1) is 0 Å². The van der Waals surface area contributed by atoms with Gasteiger partial charge in [0.15, 0.2) is 5.82 Å². The Morgan fingerprint density at radius 1 is 1.29 bits per heavy atom. The van der Waals surface area contributed by atoms with Crippen LogP contribution in [0.15, 0.2) is 34.9 Å². The molecule has 1 unspecified atom stereocenters. The Kier molecular flexibility index (Phi) is 6.74. The second-order valence-corrected chi connectivity index (χ2v) is 5.67. The van der Waals surface area contributed by atoms with Gasteiger partial charge in [0, 0.05) is 19.1 Å². The van der Waals surface area contributed by atoms with E-state index in [-0.39, 0.29) is 18.7 Å². The third-order valence-corrected chi connectivity index (χ3v) is 3.55. The second kappa shape index (κ2) is 9.02. The molecule has 3 N–H and O–H groups in total. The van der Waals surface area contributed by atoms with Crippen molar-refractivity contribution >= 4 is 6.03 Å². The molecule has 0 aliphatic heterocycles. The number of hydrogen-bond acceptors (Lipinski definition) is 5. The summed E-state index contributed by atoms with van der Waals surface area (Å²) < 4.78 is 5.24. The van der Waals surface area contributed by atoms with Crippen LogP contribution in [0.5, 0.6) is 0 Å². The normalized spacial score (nSPS) is 13.3. The first-order valence-electron chi connectivity index (χ1n) is 8.19. The molecule has 0 aliphatic rings. The zero-order valence-corrected chi connectivity index (χ0v) is 14.0. The quantitative estimate of drug-likeness (QED) is 0.688. The van der Waals surface area contributed by atoms with E-state index in [4.69, 9.17) is 9.63 Å². The molecular formula is C17H24N4O3. The van der Waals surface area contributed by atoms with Crippen LogP contribution in [0.2, 0.25) is 0 Å². The van der Waals surface area contributed by atoms with Gasteiger partial charge >= 0.3 is 6.03 Å². The predicted molar refractivity (Wildman–Crippen MR) is 89.4 cm³/mol. The van der Waals surface area contributed by atoms with Gasteiger partial charge in [-0.3, -0.25) is 0 Å². The van der Waals surface area contributed by atoms with Crippen molar-refractivity contribution in [3.8, 4) is 0 Å². The minimum atomic E-state index is -0.498.